The van der Waals surface area contributed by atoms with E-state index in [4.69, 9.17) is 22.1 Å². The summed E-state index contributed by atoms with van der Waals surface area (Å²) >= 11 is 6.48. The molecule has 2 aromatic heterocycles. The molecule has 36 heavy (non-hydrogen) atoms. The lowest BCUT2D eigenvalue weighted by Crippen LogP contribution is -2.36. The minimum atomic E-state index is -0.132. The first-order valence-corrected chi connectivity index (χ1v) is 12.2. The van der Waals surface area contributed by atoms with Crippen molar-refractivity contribution in [3.05, 3.63) is 77.3 Å². The maximum atomic E-state index is 6.48. The van der Waals surface area contributed by atoms with Gasteiger partial charge in [0.1, 0.15) is 24.5 Å². The van der Waals surface area contributed by atoms with Crippen LogP contribution in [0.2, 0.25) is 5.02 Å². The minimum absolute atomic E-state index is 0.132. The minimum Gasteiger partial charge on any atom is -0.486 e. The van der Waals surface area contributed by atoms with Gasteiger partial charge in [-0.3, -0.25) is 9.88 Å². The zero-order valence-corrected chi connectivity index (χ0v) is 21.0. The molecule has 0 bridgehead atoms. The van der Waals surface area contributed by atoms with Crippen molar-refractivity contribution in [1.29, 1.82) is 0 Å². The number of benzene rings is 2. The summed E-state index contributed by atoms with van der Waals surface area (Å²) < 4.78 is 5.82. The molecule has 182 valence electrons. The summed E-state index contributed by atoms with van der Waals surface area (Å²) in [7, 11) is 2.11. The third-order valence-corrected chi connectivity index (χ3v) is 6.86. The molecule has 7 nitrogen and oxygen atoms in total. The molecule has 1 atom stereocenters. The standard InChI is InChI=1S/C28H27ClN6O/c1-28(10-5-13-35(28)2)11-9-19-14-25-22(16-24(19)30)27(33-18-32-25)34-20-7-8-26(23(29)15-20)36-17-21-6-3-4-12-31-21/h3-4,6-8,12,14-16,18H,5,10,13,17,30H2,1-2H3,(H,32,33,34). The van der Waals surface area contributed by atoms with Gasteiger partial charge in [-0.25, -0.2) is 9.97 Å². The number of halogens is 1. The molecule has 1 aliphatic heterocycles. The summed E-state index contributed by atoms with van der Waals surface area (Å²) in [6, 6.07) is 15.0. The lowest BCUT2D eigenvalue weighted by molar-refractivity contribution is 0.262. The van der Waals surface area contributed by atoms with Crippen LogP contribution in [-0.4, -0.2) is 39.0 Å². The van der Waals surface area contributed by atoms with Gasteiger partial charge in [-0.15, -0.1) is 0 Å². The number of fused-ring (bicyclic) bond motifs is 1. The molecular formula is C28H27ClN6O. The average molecular weight is 499 g/mol. The third-order valence-electron chi connectivity index (χ3n) is 6.57. The number of hydrogen-bond acceptors (Lipinski definition) is 7. The largest absolute Gasteiger partial charge is 0.486 e. The molecule has 3 heterocycles. The second-order valence-corrected chi connectivity index (χ2v) is 9.51. The van der Waals surface area contributed by atoms with Gasteiger partial charge in [-0.1, -0.05) is 29.5 Å². The Morgan fingerprint density at radius 1 is 1.17 bits per heavy atom. The first-order chi connectivity index (χ1) is 17.4. The summed E-state index contributed by atoms with van der Waals surface area (Å²) in [4.78, 5) is 15.4. The lowest BCUT2D eigenvalue weighted by atomic mass is 9.99. The molecule has 1 unspecified atom stereocenters. The topological polar surface area (TPSA) is 89.2 Å². The molecule has 1 saturated heterocycles. The van der Waals surface area contributed by atoms with Crippen LogP contribution in [0.25, 0.3) is 10.9 Å². The zero-order valence-electron chi connectivity index (χ0n) is 20.3. The fourth-order valence-corrected chi connectivity index (χ4v) is 4.49. The van der Waals surface area contributed by atoms with Crippen LogP contribution in [0.15, 0.2) is 61.1 Å². The van der Waals surface area contributed by atoms with Gasteiger partial charge in [0.25, 0.3) is 0 Å². The summed E-state index contributed by atoms with van der Waals surface area (Å²) in [5, 5.41) is 4.61. The molecule has 2 aromatic carbocycles. The fraction of sp³-hybridized carbons (Fsp3) is 0.250. The van der Waals surface area contributed by atoms with Gasteiger partial charge >= 0.3 is 0 Å². The number of anilines is 3. The second kappa shape index (κ2) is 10.0. The van der Waals surface area contributed by atoms with Crippen molar-refractivity contribution < 1.29 is 4.74 Å². The highest BCUT2D eigenvalue weighted by Gasteiger charge is 2.31. The quantitative estimate of drug-likeness (QED) is 0.280. The molecule has 3 N–H and O–H groups in total. The molecule has 0 saturated carbocycles. The van der Waals surface area contributed by atoms with E-state index in [2.05, 4.69) is 51.0 Å². The Labute approximate surface area is 215 Å². The predicted molar refractivity (Wildman–Crippen MR) is 144 cm³/mol. The second-order valence-electron chi connectivity index (χ2n) is 9.11. The van der Waals surface area contributed by atoms with Crippen LogP contribution in [0, 0.1) is 11.8 Å². The number of hydrogen-bond donors (Lipinski definition) is 2. The van der Waals surface area contributed by atoms with Gasteiger partial charge in [-0.05, 0) is 75.8 Å². The molecule has 4 aromatic rings. The highest BCUT2D eigenvalue weighted by molar-refractivity contribution is 6.32. The first-order valence-electron chi connectivity index (χ1n) is 11.8. The molecule has 5 rings (SSSR count). The number of nitrogens with zero attached hydrogens (tertiary/aromatic N) is 4. The lowest BCUT2D eigenvalue weighted by Gasteiger charge is -2.26. The number of rotatable bonds is 5. The number of nitrogens with one attached hydrogen (secondary N) is 1. The number of ether oxygens (including phenoxy) is 1. The molecule has 0 aliphatic carbocycles. The highest BCUT2D eigenvalue weighted by atomic mass is 35.5. The van der Waals surface area contributed by atoms with Gasteiger partial charge < -0.3 is 15.8 Å². The monoisotopic (exact) mass is 498 g/mol. The van der Waals surface area contributed by atoms with E-state index < -0.39 is 0 Å². The fourth-order valence-electron chi connectivity index (χ4n) is 4.25. The van der Waals surface area contributed by atoms with Crippen LogP contribution in [-0.2, 0) is 6.61 Å². The highest BCUT2D eigenvalue weighted by Crippen LogP contribution is 2.32. The Morgan fingerprint density at radius 2 is 2.06 bits per heavy atom. The van der Waals surface area contributed by atoms with E-state index in [1.165, 1.54) is 6.33 Å². The number of nitrogens with two attached hydrogens (primary N) is 1. The molecule has 8 heteroatoms. The van der Waals surface area contributed by atoms with Gasteiger partial charge in [0, 0.05) is 28.5 Å². The number of likely N-dealkylation sites (tertiary alicyclic amines) is 1. The average Bonchev–Trinajstić information content (AvgIpc) is 3.21. The Hall–Kier alpha value is -3.86. The van der Waals surface area contributed by atoms with Crippen LogP contribution in [0.3, 0.4) is 0 Å². The molecule has 1 fully saturated rings. The smallest absolute Gasteiger partial charge is 0.141 e. The van der Waals surface area contributed by atoms with Crippen molar-refractivity contribution in [2.45, 2.75) is 31.9 Å². The van der Waals surface area contributed by atoms with Crippen LogP contribution in [0.4, 0.5) is 17.2 Å². The van der Waals surface area contributed by atoms with Gasteiger partial charge in [-0.2, -0.15) is 0 Å². The van der Waals surface area contributed by atoms with Crippen LogP contribution in [0.5, 0.6) is 5.75 Å². The summed E-state index contributed by atoms with van der Waals surface area (Å²) in [6.45, 7) is 3.57. The molecule has 0 spiro atoms. The van der Waals surface area contributed by atoms with Crippen molar-refractivity contribution in [3.63, 3.8) is 0 Å². The van der Waals surface area contributed by atoms with E-state index in [9.17, 15) is 0 Å². The maximum Gasteiger partial charge on any atom is 0.141 e. The number of pyridine rings is 1. The van der Waals surface area contributed by atoms with Gasteiger partial charge in [0.05, 0.1) is 21.8 Å². The zero-order chi connectivity index (χ0) is 25.1. The van der Waals surface area contributed by atoms with Gasteiger partial charge in [0.15, 0.2) is 0 Å². The summed E-state index contributed by atoms with van der Waals surface area (Å²) in [6.07, 6.45) is 5.46. The van der Waals surface area contributed by atoms with Crippen molar-refractivity contribution in [2.24, 2.45) is 0 Å². The van der Waals surface area contributed by atoms with E-state index in [-0.39, 0.29) is 5.54 Å². The normalized spacial score (nSPS) is 17.5. The number of aromatic nitrogens is 3. The van der Waals surface area contributed by atoms with Crippen LogP contribution >= 0.6 is 11.6 Å². The van der Waals surface area contributed by atoms with Crippen LogP contribution < -0.4 is 15.8 Å². The van der Waals surface area contributed by atoms with E-state index >= 15 is 0 Å². The van der Waals surface area contributed by atoms with Crippen molar-refractivity contribution >= 4 is 39.7 Å². The summed E-state index contributed by atoms with van der Waals surface area (Å²) in [5.74, 6) is 7.92. The van der Waals surface area contributed by atoms with E-state index in [0.717, 1.165) is 47.2 Å². The van der Waals surface area contributed by atoms with E-state index in [1.54, 1.807) is 12.3 Å². The SMILES string of the molecule is CN1CCCC1(C)C#Cc1cc2ncnc(Nc3ccc(OCc4ccccn4)c(Cl)c3)c2cc1N. The summed E-state index contributed by atoms with van der Waals surface area (Å²) in [5.41, 5.74) is 9.98. The Kier molecular flexibility index (Phi) is 6.64. The number of nitrogen functional groups attached to an aromatic ring is 1. The van der Waals surface area contributed by atoms with E-state index in [1.807, 2.05) is 42.5 Å². The van der Waals surface area contributed by atoms with Crippen LogP contribution in [0.1, 0.15) is 31.0 Å². The maximum absolute atomic E-state index is 6.48. The van der Waals surface area contributed by atoms with Crippen molar-refractivity contribution in [3.8, 4) is 17.6 Å². The third kappa shape index (κ3) is 5.06. The molecule has 0 radical (unpaired) electrons. The van der Waals surface area contributed by atoms with Crippen molar-refractivity contribution in [1.82, 2.24) is 19.9 Å². The Balaban J connectivity index is 1.36. The van der Waals surface area contributed by atoms with Gasteiger partial charge in [0.2, 0.25) is 0 Å². The van der Waals surface area contributed by atoms with Crippen molar-refractivity contribution in [2.75, 3.05) is 24.6 Å². The molecule has 0 amide bonds. The molecule has 1 aliphatic rings. The Morgan fingerprint density at radius 3 is 2.81 bits per heavy atom. The predicted octanol–water partition coefficient (Wildman–Crippen LogP) is 5.42. The first kappa shape index (κ1) is 23.9. The Bertz CT molecular complexity index is 1470. The van der Waals surface area contributed by atoms with E-state index in [0.29, 0.717) is 28.9 Å². The molecular weight excluding hydrogens is 472 g/mol.